The van der Waals surface area contributed by atoms with Crippen molar-refractivity contribution in [2.45, 2.75) is 32.6 Å². The van der Waals surface area contributed by atoms with E-state index in [1.807, 2.05) is 0 Å². The van der Waals surface area contributed by atoms with E-state index in [2.05, 4.69) is 5.32 Å². The molecule has 1 aliphatic carbocycles. The van der Waals surface area contributed by atoms with Crippen molar-refractivity contribution in [2.75, 3.05) is 25.1 Å². The first-order valence-electron chi connectivity index (χ1n) is 9.98. The second-order valence-corrected chi connectivity index (χ2v) is 7.27. The van der Waals surface area contributed by atoms with E-state index in [4.69, 9.17) is 9.47 Å². The smallest absolute Gasteiger partial charge is 0.338 e. The van der Waals surface area contributed by atoms with Crippen molar-refractivity contribution in [3.8, 4) is 0 Å². The third-order valence-electron chi connectivity index (χ3n) is 5.26. The summed E-state index contributed by atoms with van der Waals surface area (Å²) in [6.45, 7) is 0.933. The third-order valence-corrected chi connectivity index (χ3v) is 5.26. The number of fused-ring (bicyclic) bond motifs is 1. The lowest BCUT2D eigenvalue weighted by atomic mass is 9.81. The first kappa shape index (κ1) is 21.5. The van der Waals surface area contributed by atoms with Crippen molar-refractivity contribution in [1.82, 2.24) is 4.90 Å². The molecule has 1 saturated heterocycles. The van der Waals surface area contributed by atoms with Gasteiger partial charge < -0.3 is 14.8 Å². The van der Waals surface area contributed by atoms with E-state index in [1.165, 1.54) is 24.3 Å². The summed E-state index contributed by atoms with van der Waals surface area (Å²) in [5.41, 5.74) is 0.764. The summed E-state index contributed by atoms with van der Waals surface area (Å²) in [6.07, 6.45) is 3.13. The van der Waals surface area contributed by atoms with Gasteiger partial charge in [-0.2, -0.15) is 0 Å². The first-order chi connectivity index (χ1) is 14.4. The molecule has 1 heterocycles. The molecule has 1 aliphatic heterocycles. The monoisotopic (exact) mass is 416 g/mol. The number of rotatable bonds is 7. The molecule has 3 amide bonds. The summed E-state index contributed by atoms with van der Waals surface area (Å²) in [5, 5.41) is 2.53. The minimum atomic E-state index is -0.817. The molecule has 1 aromatic carbocycles. The van der Waals surface area contributed by atoms with Crippen LogP contribution in [-0.2, 0) is 28.7 Å². The Kier molecular flexibility index (Phi) is 6.81. The number of nitrogens with zero attached hydrogens (tertiary/aromatic N) is 1. The Bertz CT molecular complexity index is 825. The summed E-state index contributed by atoms with van der Waals surface area (Å²) in [6, 6.07) is 6.05. The number of esters is 2. The van der Waals surface area contributed by atoms with Crippen LogP contribution < -0.4 is 5.32 Å². The van der Waals surface area contributed by atoms with Crippen molar-refractivity contribution in [2.24, 2.45) is 11.8 Å². The zero-order valence-electron chi connectivity index (χ0n) is 16.7. The normalized spacial score (nSPS) is 20.5. The zero-order valence-corrected chi connectivity index (χ0v) is 16.7. The molecule has 0 spiro atoms. The molecule has 30 heavy (non-hydrogen) atoms. The van der Waals surface area contributed by atoms with Gasteiger partial charge in [0.15, 0.2) is 6.61 Å². The molecule has 0 unspecified atom stereocenters. The molecule has 2 atom stereocenters. The van der Waals surface area contributed by atoms with Gasteiger partial charge in [-0.3, -0.25) is 24.1 Å². The van der Waals surface area contributed by atoms with Crippen LogP contribution in [0.3, 0.4) is 0 Å². The van der Waals surface area contributed by atoms with Crippen molar-refractivity contribution in [1.29, 1.82) is 0 Å². The van der Waals surface area contributed by atoms with Crippen LogP contribution in [0, 0.1) is 11.8 Å². The maximum Gasteiger partial charge on any atom is 0.338 e. The molecule has 1 N–H and O–H groups in total. The molecular formula is C21H24N2O7. The van der Waals surface area contributed by atoms with Gasteiger partial charge in [0.2, 0.25) is 11.8 Å². The molecule has 9 nitrogen and oxygen atoms in total. The Hall–Kier alpha value is -3.23. The molecule has 160 valence electrons. The highest BCUT2D eigenvalue weighted by atomic mass is 16.5. The number of likely N-dealkylation sites (tertiary alicyclic amines) is 1. The van der Waals surface area contributed by atoms with E-state index < -0.39 is 31.0 Å². The number of carbonyl (C=O) groups is 5. The van der Waals surface area contributed by atoms with E-state index in [9.17, 15) is 24.0 Å². The number of anilines is 1. The number of amides is 3. The van der Waals surface area contributed by atoms with Crippen molar-refractivity contribution < 1.29 is 33.4 Å². The quantitative estimate of drug-likeness (QED) is 0.529. The topological polar surface area (TPSA) is 119 Å². The molecule has 3 rings (SSSR count). The number of nitrogens with one attached hydrogen (secondary N) is 1. The lowest BCUT2D eigenvalue weighted by molar-refractivity contribution is -0.154. The van der Waals surface area contributed by atoms with Gasteiger partial charge in [0.25, 0.3) is 5.91 Å². The van der Waals surface area contributed by atoms with Gasteiger partial charge in [0, 0.05) is 5.69 Å². The number of imide groups is 1. The lowest BCUT2D eigenvalue weighted by Gasteiger charge is -2.19. The van der Waals surface area contributed by atoms with Gasteiger partial charge in [-0.25, -0.2) is 4.79 Å². The van der Waals surface area contributed by atoms with Crippen LogP contribution in [0.2, 0.25) is 0 Å². The van der Waals surface area contributed by atoms with E-state index in [0.717, 1.165) is 17.7 Å². The molecule has 9 heteroatoms. The number of hydrogen-bond acceptors (Lipinski definition) is 7. The van der Waals surface area contributed by atoms with Gasteiger partial charge in [-0.1, -0.05) is 12.8 Å². The second kappa shape index (κ2) is 9.51. The maximum absolute atomic E-state index is 12.4. The minimum Gasteiger partial charge on any atom is -0.462 e. The van der Waals surface area contributed by atoms with Crippen LogP contribution in [0.25, 0.3) is 0 Å². The predicted molar refractivity (Wildman–Crippen MR) is 104 cm³/mol. The Morgan fingerprint density at radius 1 is 1.00 bits per heavy atom. The van der Waals surface area contributed by atoms with E-state index in [0.29, 0.717) is 24.1 Å². The van der Waals surface area contributed by atoms with E-state index in [-0.39, 0.29) is 30.3 Å². The Balaban J connectivity index is 1.45. The average molecular weight is 416 g/mol. The highest BCUT2D eigenvalue weighted by molar-refractivity contribution is 6.07. The number of hydrogen-bond donors (Lipinski definition) is 1. The summed E-state index contributed by atoms with van der Waals surface area (Å²) in [7, 11) is 0. The van der Waals surface area contributed by atoms with Crippen LogP contribution in [0.5, 0.6) is 0 Å². The van der Waals surface area contributed by atoms with Crippen molar-refractivity contribution >= 4 is 35.3 Å². The largest absolute Gasteiger partial charge is 0.462 e. The zero-order chi connectivity index (χ0) is 21.7. The van der Waals surface area contributed by atoms with Crippen molar-refractivity contribution in [3.63, 3.8) is 0 Å². The maximum atomic E-state index is 12.4. The molecule has 2 fully saturated rings. The SMILES string of the molecule is CCOC(=O)c1ccc(NC(=O)COC(=O)CN2C(=O)[C@H]3CCCC[C@@H]3C2=O)cc1. The van der Waals surface area contributed by atoms with Gasteiger partial charge in [0.05, 0.1) is 24.0 Å². The molecular weight excluding hydrogens is 392 g/mol. The van der Waals surface area contributed by atoms with Gasteiger partial charge in [-0.15, -0.1) is 0 Å². The summed E-state index contributed by atoms with van der Waals surface area (Å²) < 4.78 is 9.79. The molecule has 2 aliphatic rings. The fourth-order valence-electron chi connectivity index (χ4n) is 3.81. The Morgan fingerprint density at radius 3 is 2.17 bits per heavy atom. The summed E-state index contributed by atoms with van der Waals surface area (Å²) in [5.74, 6) is -3.18. The van der Waals surface area contributed by atoms with E-state index >= 15 is 0 Å². The van der Waals surface area contributed by atoms with Gasteiger partial charge in [0.1, 0.15) is 6.54 Å². The van der Waals surface area contributed by atoms with Crippen LogP contribution in [0.15, 0.2) is 24.3 Å². The molecule has 0 bridgehead atoms. The predicted octanol–water partition coefficient (Wildman–Crippen LogP) is 1.52. The molecule has 1 aromatic rings. The van der Waals surface area contributed by atoms with Crippen LogP contribution in [0.1, 0.15) is 43.0 Å². The molecule has 0 aromatic heterocycles. The number of carbonyl (C=O) groups excluding carboxylic acids is 5. The molecule has 1 saturated carbocycles. The fourth-order valence-corrected chi connectivity index (χ4v) is 3.81. The van der Waals surface area contributed by atoms with Crippen LogP contribution >= 0.6 is 0 Å². The lowest BCUT2D eigenvalue weighted by Crippen LogP contribution is -2.37. The highest BCUT2D eigenvalue weighted by Gasteiger charge is 2.48. The third kappa shape index (κ3) is 4.84. The van der Waals surface area contributed by atoms with Crippen molar-refractivity contribution in [3.05, 3.63) is 29.8 Å². The average Bonchev–Trinajstić information content (AvgIpc) is 2.98. The van der Waals surface area contributed by atoms with Gasteiger partial charge >= 0.3 is 11.9 Å². The van der Waals surface area contributed by atoms with Crippen LogP contribution in [-0.4, -0.2) is 54.3 Å². The Morgan fingerprint density at radius 2 is 1.60 bits per heavy atom. The Labute approximate surface area is 173 Å². The highest BCUT2D eigenvalue weighted by Crippen LogP contribution is 2.37. The first-order valence-corrected chi connectivity index (χ1v) is 9.98. The summed E-state index contributed by atoms with van der Waals surface area (Å²) in [4.78, 5) is 61.3. The van der Waals surface area contributed by atoms with Gasteiger partial charge in [-0.05, 0) is 44.0 Å². The number of benzene rings is 1. The standard InChI is InChI=1S/C21H24N2O7/c1-2-29-21(28)13-7-9-14(10-8-13)22-17(24)12-30-18(25)11-23-19(26)15-5-3-4-6-16(15)20(23)27/h7-10,15-16H,2-6,11-12H2,1H3,(H,22,24)/t15-,16-/m0/s1. The fraction of sp³-hybridized carbons (Fsp3) is 0.476. The summed E-state index contributed by atoms with van der Waals surface area (Å²) >= 11 is 0. The van der Waals surface area contributed by atoms with Crippen LogP contribution in [0.4, 0.5) is 5.69 Å². The minimum absolute atomic E-state index is 0.263. The second-order valence-electron chi connectivity index (χ2n) is 7.27. The molecule has 0 radical (unpaired) electrons. The number of ether oxygens (including phenoxy) is 2. The van der Waals surface area contributed by atoms with E-state index in [1.54, 1.807) is 6.92 Å².